The molecule has 0 unspecified atom stereocenters. The summed E-state index contributed by atoms with van der Waals surface area (Å²) in [5.74, 6) is -0.572. The van der Waals surface area contributed by atoms with Crippen LogP contribution < -0.4 is 10.0 Å². The molecule has 1 fully saturated rings. The third-order valence-corrected chi connectivity index (χ3v) is 5.05. The third kappa shape index (κ3) is 4.25. The summed E-state index contributed by atoms with van der Waals surface area (Å²) in [6.07, 6.45) is 0.102. The molecule has 1 heterocycles. The Bertz CT molecular complexity index is 619. The number of rotatable bonds is 5. The predicted molar refractivity (Wildman–Crippen MR) is 80.3 cm³/mol. The van der Waals surface area contributed by atoms with Crippen molar-refractivity contribution in [3.8, 4) is 0 Å². The van der Waals surface area contributed by atoms with E-state index in [0.29, 0.717) is 6.54 Å². The van der Waals surface area contributed by atoms with E-state index in [0.717, 1.165) is 25.2 Å². The van der Waals surface area contributed by atoms with Gasteiger partial charge in [-0.2, -0.15) is 0 Å². The maximum atomic E-state index is 12.8. The van der Waals surface area contributed by atoms with Crippen molar-refractivity contribution in [2.24, 2.45) is 0 Å². The molecule has 0 spiro atoms. The topological polar surface area (TPSA) is 78.5 Å². The summed E-state index contributed by atoms with van der Waals surface area (Å²) >= 11 is 0. The standard InChI is InChI=1S/C14H20FN3O3S/c1-11-10-16-8-9-18(11)14(19)6-7-17-22(20,21)13-4-2-12(15)3-5-13/h2-5,11,16-17H,6-10H2,1H3/t11-/m0/s1. The van der Waals surface area contributed by atoms with Crippen LogP contribution in [-0.2, 0) is 14.8 Å². The van der Waals surface area contributed by atoms with Gasteiger partial charge < -0.3 is 10.2 Å². The summed E-state index contributed by atoms with van der Waals surface area (Å²) in [6.45, 7) is 4.09. The molecule has 6 nitrogen and oxygen atoms in total. The molecule has 0 aromatic heterocycles. The number of hydrogen-bond donors (Lipinski definition) is 2. The van der Waals surface area contributed by atoms with Crippen molar-refractivity contribution in [1.29, 1.82) is 0 Å². The van der Waals surface area contributed by atoms with Gasteiger partial charge in [0.1, 0.15) is 5.82 Å². The number of carbonyl (C=O) groups is 1. The molecule has 1 amide bonds. The number of halogens is 1. The molecule has 8 heteroatoms. The maximum Gasteiger partial charge on any atom is 0.240 e. The SMILES string of the molecule is C[C@H]1CNCCN1C(=O)CCNS(=O)(=O)c1ccc(F)cc1. The monoisotopic (exact) mass is 329 g/mol. The normalized spacial score (nSPS) is 19.2. The van der Waals surface area contributed by atoms with Gasteiger partial charge in [-0.05, 0) is 31.2 Å². The molecule has 1 aliphatic heterocycles. The summed E-state index contributed by atoms with van der Waals surface area (Å²) < 4.78 is 39.2. The molecule has 1 atom stereocenters. The van der Waals surface area contributed by atoms with Crippen molar-refractivity contribution in [3.05, 3.63) is 30.1 Å². The van der Waals surface area contributed by atoms with Gasteiger partial charge in [0, 0.05) is 38.6 Å². The number of hydrogen-bond acceptors (Lipinski definition) is 4. The molecule has 2 rings (SSSR count). The van der Waals surface area contributed by atoms with Gasteiger partial charge in [0.15, 0.2) is 0 Å². The van der Waals surface area contributed by atoms with Crippen molar-refractivity contribution < 1.29 is 17.6 Å². The van der Waals surface area contributed by atoms with Crippen LogP contribution in [0.5, 0.6) is 0 Å². The summed E-state index contributed by atoms with van der Waals surface area (Å²) in [5, 5.41) is 3.19. The minimum atomic E-state index is -3.72. The lowest BCUT2D eigenvalue weighted by Crippen LogP contribution is -2.52. The van der Waals surface area contributed by atoms with E-state index in [1.54, 1.807) is 4.90 Å². The number of carbonyl (C=O) groups excluding carboxylic acids is 1. The zero-order chi connectivity index (χ0) is 16.2. The Hall–Kier alpha value is -1.51. The highest BCUT2D eigenvalue weighted by molar-refractivity contribution is 7.89. The lowest BCUT2D eigenvalue weighted by molar-refractivity contribution is -0.133. The molecular formula is C14H20FN3O3S. The fraction of sp³-hybridized carbons (Fsp3) is 0.500. The molecule has 1 saturated heterocycles. The lowest BCUT2D eigenvalue weighted by atomic mass is 10.2. The number of amides is 1. The van der Waals surface area contributed by atoms with Crippen LogP contribution in [0, 0.1) is 5.82 Å². The van der Waals surface area contributed by atoms with Crippen molar-refractivity contribution >= 4 is 15.9 Å². The third-order valence-electron chi connectivity index (χ3n) is 3.58. The largest absolute Gasteiger partial charge is 0.337 e. The second kappa shape index (κ2) is 7.17. The molecule has 2 N–H and O–H groups in total. The Morgan fingerprint density at radius 2 is 2.09 bits per heavy atom. The van der Waals surface area contributed by atoms with Gasteiger partial charge in [-0.3, -0.25) is 4.79 Å². The molecule has 1 aliphatic rings. The summed E-state index contributed by atoms with van der Waals surface area (Å²) in [5.41, 5.74) is 0. The molecule has 122 valence electrons. The van der Waals surface area contributed by atoms with E-state index in [9.17, 15) is 17.6 Å². The quantitative estimate of drug-likeness (QED) is 0.815. The number of nitrogens with zero attached hydrogens (tertiary/aromatic N) is 1. The molecule has 22 heavy (non-hydrogen) atoms. The Labute approximate surface area is 129 Å². The number of benzene rings is 1. The summed E-state index contributed by atoms with van der Waals surface area (Å²) in [4.78, 5) is 13.8. The number of piperazine rings is 1. The van der Waals surface area contributed by atoms with E-state index in [1.165, 1.54) is 12.1 Å². The number of sulfonamides is 1. The molecular weight excluding hydrogens is 309 g/mol. The van der Waals surface area contributed by atoms with Crippen molar-refractivity contribution in [3.63, 3.8) is 0 Å². The van der Waals surface area contributed by atoms with Crippen LogP contribution in [0.3, 0.4) is 0 Å². The van der Waals surface area contributed by atoms with E-state index in [2.05, 4.69) is 10.0 Å². The van der Waals surface area contributed by atoms with Crippen LogP contribution in [-0.4, -0.2) is 51.4 Å². The molecule has 1 aromatic rings. The van der Waals surface area contributed by atoms with Gasteiger partial charge in [0.25, 0.3) is 0 Å². The second-order valence-corrected chi connectivity index (χ2v) is 7.01. The second-order valence-electron chi connectivity index (χ2n) is 5.24. The fourth-order valence-corrected chi connectivity index (χ4v) is 3.38. The first-order chi connectivity index (χ1) is 10.4. The molecule has 0 aliphatic carbocycles. The zero-order valence-corrected chi connectivity index (χ0v) is 13.2. The van der Waals surface area contributed by atoms with E-state index in [4.69, 9.17) is 0 Å². The highest BCUT2D eigenvalue weighted by Crippen LogP contribution is 2.10. The molecule has 1 aromatic carbocycles. The summed E-state index contributed by atoms with van der Waals surface area (Å²) in [6, 6.07) is 4.66. The van der Waals surface area contributed by atoms with E-state index >= 15 is 0 Å². The maximum absolute atomic E-state index is 12.8. The minimum absolute atomic E-state index is 0.0168. The van der Waals surface area contributed by atoms with E-state index in [-0.39, 0.29) is 29.8 Å². The minimum Gasteiger partial charge on any atom is -0.337 e. The highest BCUT2D eigenvalue weighted by Gasteiger charge is 2.23. The van der Waals surface area contributed by atoms with E-state index in [1.807, 2.05) is 6.92 Å². The van der Waals surface area contributed by atoms with Gasteiger partial charge >= 0.3 is 0 Å². The molecule has 0 radical (unpaired) electrons. The Balaban J connectivity index is 1.87. The van der Waals surface area contributed by atoms with Crippen molar-refractivity contribution in [1.82, 2.24) is 14.9 Å². The first kappa shape index (κ1) is 16.9. The van der Waals surface area contributed by atoms with Gasteiger partial charge in [0.2, 0.25) is 15.9 Å². The first-order valence-corrected chi connectivity index (χ1v) is 8.64. The van der Waals surface area contributed by atoms with Gasteiger partial charge in [-0.15, -0.1) is 0 Å². The van der Waals surface area contributed by atoms with Crippen molar-refractivity contribution in [2.75, 3.05) is 26.2 Å². The van der Waals surface area contributed by atoms with Crippen LogP contribution in [0.1, 0.15) is 13.3 Å². The van der Waals surface area contributed by atoms with Crippen LogP contribution in [0.25, 0.3) is 0 Å². The fourth-order valence-electron chi connectivity index (χ4n) is 2.34. The lowest BCUT2D eigenvalue weighted by Gasteiger charge is -2.34. The summed E-state index contributed by atoms with van der Waals surface area (Å²) in [7, 11) is -3.72. The van der Waals surface area contributed by atoms with Crippen LogP contribution >= 0.6 is 0 Å². The molecule has 0 bridgehead atoms. The zero-order valence-electron chi connectivity index (χ0n) is 12.4. The highest BCUT2D eigenvalue weighted by atomic mass is 32.2. The van der Waals surface area contributed by atoms with Crippen LogP contribution in [0.4, 0.5) is 4.39 Å². The average Bonchev–Trinajstić information content (AvgIpc) is 2.48. The first-order valence-electron chi connectivity index (χ1n) is 7.15. The van der Waals surface area contributed by atoms with Crippen LogP contribution in [0.2, 0.25) is 0 Å². The average molecular weight is 329 g/mol. The Kier molecular flexibility index (Phi) is 5.49. The van der Waals surface area contributed by atoms with E-state index < -0.39 is 15.8 Å². The Morgan fingerprint density at radius 3 is 2.73 bits per heavy atom. The van der Waals surface area contributed by atoms with Crippen LogP contribution in [0.15, 0.2) is 29.2 Å². The van der Waals surface area contributed by atoms with Gasteiger partial charge in [-0.25, -0.2) is 17.5 Å². The smallest absolute Gasteiger partial charge is 0.240 e. The van der Waals surface area contributed by atoms with Gasteiger partial charge in [0.05, 0.1) is 4.90 Å². The number of nitrogens with one attached hydrogen (secondary N) is 2. The molecule has 0 saturated carbocycles. The Morgan fingerprint density at radius 1 is 1.41 bits per heavy atom. The van der Waals surface area contributed by atoms with Gasteiger partial charge in [-0.1, -0.05) is 0 Å². The van der Waals surface area contributed by atoms with Crippen molar-refractivity contribution in [2.45, 2.75) is 24.3 Å². The predicted octanol–water partition coefficient (Wildman–Crippen LogP) is 0.314.